The summed E-state index contributed by atoms with van der Waals surface area (Å²) in [5, 5.41) is 27.6. The van der Waals surface area contributed by atoms with Crippen molar-refractivity contribution in [1.82, 2.24) is 30.7 Å². The molecule has 3 N–H and O–H groups in total. The van der Waals surface area contributed by atoms with Crippen LogP contribution in [0, 0.1) is 50.4 Å². The Labute approximate surface area is 696 Å². The van der Waals surface area contributed by atoms with Gasteiger partial charge in [-0.25, -0.2) is 19.2 Å². The first-order valence-electron chi connectivity index (χ1n) is 38.3. The van der Waals surface area contributed by atoms with Gasteiger partial charge in [-0.1, -0.05) is 78.9 Å². The summed E-state index contributed by atoms with van der Waals surface area (Å²) in [4.78, 5) is 111. The number of carbonyl (C=O) groups is 8. The van der Waals surface area contributed by atoms with Gasteiger partial charge in [-0.05, 0) is 86.1 Å². The fourth-order valence-corrected chi connectivity index (χ4v) is 21.4. The molecule has 36 heteroatoms. The highest BCUT2D eigenvalue weighted by Gasteiger charge is 2.64. The molecule has 0 spiro atoms. The van der Waals surface area contributed by atoms with Crippen LogP contribution in [-0.4, -0.2) is 182 Å². The summed E-state index contributed by atoms with van der Waals surface area (Å²) in [6.07, 6.45) is -2.51. The van der Waals surface area contributed by atoms with Gasteiger partial charge in [0.15, 0.2) is 46.0 Å². The van der Waals surface area contributed by atoms with Crippen molar-refractivity contribution in [1.29, 1.82) is 10.5 Å². The van der Waals surface area contributed by atoms with E-state index in [0.717, 1.165) is 45.8 Å². The maximum absolute atomic E-state index is 13.8. The van der Waals surface area contributed by atoms with Crippen LogP contribution in [0.15, 0.2) is 97.6 Å². The molecule has 28 nitrogen and oxygen atoms in total. The number of cyclic esters (lactones) is 2. The summed E-state index contributed by atoms with van der Waals surface area (Å²) in [5.74, 6) is -8.44. The van der Waals surface area contributed by atoms with Gasteiger partial charge < -0.3 is 72.8 Å². The predicted octanol–water partition coefficient (Wildman–Crippen LogP) is 10.6. The fourth-order valence-electron chi connectivity index (χ4n) is 18.3. The summed E-state index contributed by atoms with van der Waals surface area (Å²) in [7, 11) is 2.90. The Morgan fingerprint density at radius 1 is 0.570 bits per heavy atom. The Morgan fingerprint density at radius 2 is 1.01 bits per heavy atom. The molecule has 4 saturated heterocycles. The average Bonchev–Trinajstić information content (AvgIpc) is 1.52. The van der Waals surface area contributed by atoms with Crippen LogP contribution in [0.3, 0.4) is 0 Å². The summed E-state index contributed by atoms with van der Waals surface area (Å²) in [6.45, 7) is 12.2. The molecular weight excluding hydrogens is 1630 g/mol. The monoisotopic (exact) mass is 1710 g/mol. The average molecular weight is 1710 g/mol. The first-order valence-corrected chi connectivity index (χ1v) is 40.4. The highest BCUT2D eigenvalue weighted by atomic mass is 32.2. The van der Waals surface area contributed by atoms with Gasteiger partial charge in [0.25, 0.3) is 0 Å². The molecule has 10 aliphatic rings. The summed E-state index contributed by atoms with van der Waals surface area (Å²) in [6, 6.07) is 15.4. The Hall–Kier alpha value is -11.8. The number of nitriles is 2. The number of nitrogens with one attached hydrogen (secondary N) is 3. The summed E-state index contributed by atoms with van der Waals surface area (Å²) < 4.78 is 153. The van der Waals surface area contributed by atoms with E-state index in [2.05, 4.69) is 28.9 Å². The van der Waals surface area contributed by atoms with Gasteiger partial charge in [0.2, 0.25) is 13.6 Å². The molecule has 14 atom stereocenters. The van der Waals surface area contributed by atoms with E-state index in [1.165, 1.54) is 40.2 Å². The molecule has 4 unspecified atom stereocenters. The molecule has 0 aromatic heterocycles. The maximum Gasteiger partial charge on any atom is 0.471 e. The molecule has 0 saturated carbocycles. The van der Waals surface area contributed by atoms with Crippen LogP contribution in [0.5, 0.6) is 57.5 Å². The standard InChI is InChI=1S/C44H41F3N4O10S.C41H37F3N4O10S/c1-6-14-50-27-16-25-15-21(2)36(56-5)40(61-30(53)13-12-24-10-8-7-9-11-24)31(25)34(50)35-41-33-32(39-38(58-20-59-39)22(3)37(33)60-23(4)52)29(51(35)28(27)17-48)18-57-42(54)26(19-62-41)49-43(55)44(45,46)47;1-18-12-22-13-23-25(14-45)48-26-15-54-39(51)24(47-40(52)41(42,43)44)16-59-38(30-29(26)36-35(55-17-56-36)19(2)34(30)57-20(3)49)32(48)31(46-23)28(22)37(33(18)53-4)58-27(50)11-10-21-8-6-5-7-9-21/h6-13,15,26-29,34-35,41H,1,14,16,18-20H2,2-5H3,(H,49,55);5-12,23-26,31-32,38,46H,13,15-17H2,1-4H3,(H,47,52)/b13-12+;11-10+/t26?,27-,28-,29-,34+,35?,41+;23-,24?,25-,26-,31+,32?,38+/m00/s1. The van der Waals surface area contributed by atoms with Gasteiger partial charge in [0.05, 0.1) is 61.0 Å². The molecule has 6 aromatic rings. The molecule has 632 valence electrons. The highest BCUT2D eigenvalue weighted by Crippen LogP contribution is 2.67. The zero-order valence-electron chi connectivity index (χ0n) is 66.0. The Balaban J connectivity index is 0.000000188. The molecule has 10 heterocycles. The minimum Gasteiger partial charge on any atom is -0.493 e. The van der Waals surface area contributed by atoms with E-state index in [0.29, 0.717) is 68.5 Å². The Morgan fingerprint density at radius 3 is 1.45 bits per heavy atom. The molecule has 2 amide bonds. The summed E-state index contributed by atoms with van der Waals surface area (Å²) >= 11 is 2.02. The number of hydrogen-bond donors (Lipinski definition) is 3. The molecule has 6 aromatic carbocycles. The smallest absolute Gasteiger partial charge is 0.471 e. The number of nitrogens with zero attached hydrogens (tertiary/aromatic N) is 5. The zero-order valence-corrected chi connectivity index (χ0v) is 67.6. The van der Waals surface area contributed by atoms with Crippen LogP contribution < -0.4 is 63.3 Å². The lowest BCUT2D eigenvalue weighted by Gasteiger charge is -2.62. The second-order valence-corrected chi connectivity index (χ2v) is 32.3. The van der Waals surface area contributed by atoms with Gasteiger partial charge in [0.1, 0.15) is 48.9 Å². The van der Waals surface area contributed by atoms with Crippen LogP contribution in [0.25, 0.3) is 12.2 Å². The van der Waals surface area contributed by atoms with Crippen molar-refractivity contribution in [3.8, 4) is 69.6 Å². The number of ether oxygens (including phenoxy) is 12. The largest absolute Gasteiger partial charge is 0.493 e. The van der Waals surface area contributed by atoms with Gasteiger partial charge >= 0.3 is 60.0 Å². The van der Waals surface area contributed by atoms with Crippen molar-refractivity contribution in [3.05, 3.63) is 175 Å². The van der Waals surface area contributed by atoms with Crippen LogP contribution >= 0.6 is 23.5 Å². The van der Waals surface area contributed by atoms with Crippen molar-refractivity contribution in [2.45, 2.75) is 150 Å². The van der Waals surface area contributed by atoms with Crippen molar-refractivity contribution in [2.75, 3.05) is 59.1 Å². The van der Waals surface area contributed by atoms with Crippen LogP contribution in [0.4, 0.5) is 26.3 Å². The molecule has 121 heavy (non-hydrogen) atoms. The van der Waals surface area contributed by atoms with E-state index in [-0.39, 0.29) is 77.6 Å². The minimum atomic E-state index is -5.31. The quantitative estimate of drug-likeness (QED) is 0.0300. The van der Waals surface area contributed by atoms with Crippen LogP contribution in [-0.2, 0) is 60.7 Å². The second-order valence-electron chi connectivity index (χ2n) is 30.0. The van der Waals surface area contributed by atoms with E-state index in [9.17, 15) is 75.2 Å². The van der Waals surface area contributed by atoms with E-state index >= 15 is 0 Å². The van der Waals surface area contributed by atoms with Gasteiger partial charge in [-0.15, -0.1) is 30.1 Å². The van der Waals surface area contributed by atoms with Crippen molar-refractivity contribution in [2.24, 2.45) is 0 Å². The molecule has 16 rings (SSSR count). The predicted molar refractivity (Wildman–Crippen MR) is 419 cm³/mol. The third-order valence-corrected chi connectivity index (χ3v) is 25.7. The number of benzene rings is 6. The Bertz CT molecular complexity index is 5430. The lowest BCUT2D eigenvalue weighted by molar-refractivity contribution is -0.176. The second kappa shape index (κ2) is 33.7. The van der Waals surface area contributed by atoms with Crippen molar-refractivity contribution < 1.29 is 122 Å². The molecule has 4 fully saturated rings. The third-order valence-electron chi connectivity index (χ3n) is 22.9. The van der Waals surface area contributed by atoms with Gasteiger partial charge in [-0.3, -0.25) is 33.9 Å². The normalized spacial score (nSPS) is 25.3. The Kier molecular flexibility index (Phi) is 23.4. The van der Waals surface area contributed by atoms with Gasteiger partial charge in [0, 0.05) is 113 Å². The molecule has 10 aliphatic heterocycles. The number of methoxy groups -OCH3 is 2. The SMILES string of the molecule is C=CCN1[C@@H]2c3c(cc(C)c(OC)c3OC(=O)/C=C/c3ccccc3)C[C@H]1[C@H](C#N)N1C2[C@@H]2SCC(NC(=O)C(F)(F)F)C(=O)OC[C@H]1c1c3c(c(C)c(OC(C)=O)c12)OCO3.COc1c(C)cc2c(c1OC(=O)/C=C/c1ccccc1)[C@H]1N[C@@H](C2)[C@H](C#N)N2C1[C@@H]1SCC(NC(=O)C(F)(F)F)C(=O)OC[C@H]2c2c3c(c(C)c(OC(C)=O)c21)OCO3. The third kappa shape index (κ3) is 15.4. The number of rotatable bonds is 14. The fraction of sp³-hybridized carbons (Fsp3) is 0.388. The highest BCUT2D eigenvalue weighted by molar-refractivity contribution is 7.99. The maximum atomic E-state index is 13.8. The topological polar surface area (TPSA) is 341 Å². The number of carbonyl (C=O) groups excluding carboxylic acids is 8. The van der Waals surface area contributed by atoms with E-state index in [1.54, 1.807) is 49.6 Å². The number of halogens is 6. The summed E-state index contributed by atoms with van der Waals surface area (Å²) in [5.41, 5.74) is 7.87. The number of thioether (sulfide) groups is 2. The van der Waals surface area contributed by atoms with E-state index in [1.807, 2.05) is 89.5 Å². The number of fused-ring (bicyclic) bond motifs is 18. The lowest BCUT2D eigenvalue weighted by Crippen LogP contribution is -2.70. The van der Waals surface area contributed by atoms with Crippen molar-refractivity contribution in [3.63, 3.8) is 0 Å². The minimum absolute atomic E-state index is 0.0998. The number of hydrogen-bond acceptors (Lipinski definition) is 28. The van der Waals surface area contributed by atoms with Crippen LogP contribution in [0.1, 0.15) is 126 Å². The number of esters is 6. The van der Waals surface area contributed by atoms with Crippen LogP contribution in [0.2, 0.25) is 0 Å². The number of piperazine rings is 2. The van der Waals surface area contributed by atoms with E-state index < -0.39 is 168 Å². The van der Waals surface area contributed by atoms with Crippen molar-refractivity contribution >= 4 is 83.3 Å². The first kappa shape index (κ1) is 84.2. The number of aryl methyl sites for hydroxylation is 2. The molecule has 0 radical (unpaired) electrons. The molecule has 8 bridgehead atoms. The van der Waals surface area contributed by atoms with Gasteiger partial charge in [-0.2, -0.15) is 36.9 Å². The lowest BCUT2D eigenvalue weighted by atomic mass is 9.71. The zero-order chi connectivity index (χ0) is 86.1. The van der Waals surface area contributed by atoms with E-state index in [4.69, 9.17) is 56.8 Å². The number of alkyl halides is 6. The molecule has 0 aliphatic carbocycles. The number of amides is 2. The molecular formula is C85H78F6N8O20S2. The first-order chi connectivity index (χ1) is 57.9.